The lowest BCUT2D eigenvalue weighted by atomic mass is 9.92. The van der Waals surface area contributed by atoms with Crippen LogP contribution in [0.4, 0.5) is 0 Å². The van der Waals surface area contributed by atoms with Gasteiger partial charge in [-0.2, -0.15) is 0 Å². The van der Waals surface area contributed by atoms with E-state index in [-0.39, 0.29) is 12.5 Å². The molecule has 132 valence electrons. The van der Waals surface area contributed by atoms with Gasteiger partial charge in [0.25, 0.3) is 0 Å². The predicted octanol–water partition coefficient (Wildman–Crippen LogP) is 3.63. The van der Waals surface area contributed by atoms with Gasteiger partial charge in [0.05, 0.1) is 29.7 Å². The van der Waals surface area contributed by atoms with Crippen molar-refractivity contribution in [2.75, 3.05) is 12.4 Å². The molecule has 1 saturated heterocycles. The second kappa shape index (κ2) is 7.04. The Kier molecular flexibility index (Phi) is 4.99. The first-order valence-electron chi connectivity index (χ1n) is 8.45. The van der Waals surface area contributed by atoms with Gasteiger partial charge in [0.2, 0.25) is 5.91 Å². The number of hydrogen-bond donors (Lipinski definition) is 0. The minimum atomic E-state index is -0.477. The Hall–Kier alpha value is -2.08. The van der Waals surface area contributed by atoms with Gasteiger partial charge in [-0.05, 0) is 30.9 Å². The number of fused-ring (bicyclic) bond motifs is 1. The van der Waals surface area contributed by atoms with Crippen molar-refractivity contribution in [3.8, 4) is 0 Å². The standard InChI is InChI=1S/C19H22N2O3S/c1-5-24-18(23)16-12(4)20-19-21(15(22)10-25-19)17(16)14-8-6-13(7-9-14)11(2)3/h6-9,11,17H,5,10H2,1-4H3/t17-/m1/s1. The maximum Gasteiger partial charge on any atom is 0.338 e. The molecule has 0 unspecified atom stereocenters. The van der Waals surface area contributed by atoms with Crippen LogP contribution in [0.1, 0.15) is 50.8 Å². The van der Waals surface area contributed by atoms with Crippen molar-refractivity contribution < 1.29 is 14.3 Å². The van der Waals surface area contributed by atoms with Gasteiger partial charge in [-0.25, -0.2) is 9.79 Å². The normalized spacial score (nSPS) is 20.0. The van der Waals surface area contributed by atoms with Crippen LogP contribution in [0.15, 0.2) is 40.5 Å². The molecule has 2 aliphatic rings. The molecule has 0 spiro atoms. The van der Waals surface area contributed by atoms with Crippen molar-refractivity contribution >= 4 is 28.8 Å². The van der Waals surface area contributed by atoms with E-state index in [1.165, 1.54) is 17.3 Å². The summed E-state index contributed by atoms with van der Waals surface area (Å²) in [4.78, 5) is 31.1. The van der Waals surface area contributed by atoms with Crippen LogP contribution in [0.5, 0.6) is 0 Å². The number of ether oxygens (including phenoxy) is 1. The molecule has 1 atom stereocenters. The largest absolute Gasteiger partial charge is 0.463 e. The zero-order valence-corrected chi connectivity index (χ0v) is 15.7. The van der Waals surface area contributed by atoms with E-state index in [2.05, 4.69) is 31.0 Å². The van der Waals surface area contributed by atoms with E-state index in [9.17, 15) is 9.59 Å². The number of aliphatic imine (C=N–C) groups is 1. The van der Waals surface area contributed by atoms with Crippen LogP contribution in [-0.2, 0) is 14.3 Å². The number of thioether (sulfide) groups is 1. The maximum atomic E-state index is 12.6. The summed E-state index contributed by atoms with van der Waals surface area (Å²) in [5, 5.41) is 0.661. The van der Waals surface area contributed by atoms with Gasteiger partial charge < -0.3 is 4.74 Å². The topological polar surface area (TPSA) is 59.0 Å². The van der Waals surface area contributed by atoms with E-state index in [1.807, 2.05) is 12.1 Å². The lowest BCUT2D eigenvalue weighted by Gasteiger charge is -2.33. The van der Waals surface area contributed by atoms with E-state index >= 15 is 0 Å². The second-order valence-electron chi connectivity index (χ2n) is 6.39. The van der Waals surface area contributed by atoms with E-state index in [4.69, 9.17) is 4.74 Å². The van der Waals surface area contributed by atoms with Crippen LogP contribution in [0, 0.1) is 0 Å². The Morgan fingerprint density at radius 1 is 1.36 bits per heavy atom. The maximum absolute atomic E-state index is 12.6. The van der Waals surface area contributed by atoms with Gasteiger partial charge in [-0.1, -0.05) is 49.9 Å². The minimum Gasteiger partial charge on any atom is -0.463 e. The molecular weight excluding hydrogens is 336 g/mol. The molecular formula is C19H22N2O3S. The zero-order valence-electron chi connectivity index (χ0n) is 14.9. The van der Waals surface area contributed by atoms with Crippen molar-refractivity contribution in [3.63, 3.8) is 0 Å². The van der Waals surface area contributed by atoms with Gasteiger partial charge in [0, 0.05) is 0 Å². The van der Waals surface area contributed by atoms with Crippen molar-refractivity contribution in [2.45, 2.75) is 39.7 Å². The summed E-state index contributed by atoms with van der Waals surface area (Å²) < 4.78 is 5.24. The molecule has 0 radical (unpaired) electrons. The number of carbonyl (C=O) groups is 2. The highest BCUT2D eigenvalue weighted by molar-refractivity contribution is 8.15. The Bertz CT molecular complexity index is 765. The smallest absolute Gasteiger partial charge is 0.338 e. The summed E-state index contributed by atoms with van der Waals surface area (Å²) in [6.45, 7) is 8.13. The average Bonchev–Trinajstić information content (AvgIpc) is 2.94. The Labute approximate surface area is 152 Å². The highest BCUT2D eigenvalue weighted by Gasteiger charge is 2.43. The molecule has 0 aromatic heterocycles. The number of esters is 1. The van der Waals surface area contributed by atoms with Gasteiger partial charge in [0.15, 0.2) is 5.17 Å². The molecule has 5 nitrogen and oxygen atoms in total. The van der Waals surface area contributed by atoms with E-state index in [1.54, 1.807) is 18.7 Å². The van der Waals surface area contributed by atoms with Crippen LogP contribution in [0.3, 0.4) is 0 Å². The lowest BCUT2D eigenvalue weighted by molar-refractivity contribution is -0.139. The fraction of sp³-hybridized carbons (Fsp3) is 0.421. The third-order valence-electron chi connectivity index (χ3n) is 4.40. The van der Waals surface area contributed by atoms with Crippen LogP contribution in [-0.4, -0.2) is 34.3 Å². The molecule has 1 fully saturated rings. The Morgan fingerprint density at radius 2 is 2.04 bits per heavy atom. The summed E-state index contributed by atoms with van der Waals surface area (Å²) in [7, 11) is 0. The van der Waals surface area contributed by atoms with Crippen molar-refractivity contribution in [2.24, 2.45) is 4.99 Å². The Balaban J connectivity index is 2.09. The predicted molar refractivity (Wildman–Crippen MR) is 99.3 cm³/mol. The first-order valence-corrected chi connectivity index (χ1v) is 9.43. The van der Waals surface area contributed by atoms with E-state index in [0.29, 0.717) is 28.1 Å². The fourth-order valence-electron chi connectivity index (χ4n) is 3.09. The molecule has 0 aliphatic carbocycles. The number of amidine groups is 1. The summed E-state index contributed by atoms with van der Waals surface area (Å²) in [6.07, 6.45) is 0. The summed E-state index contributed by atoms with van der Waals surface area (Å²) in [6, 6.07) is 7.61. The number of carbonyl (C=O) groups excluding carboxylic acids is 2. The molecule has 6 heteroatoms. The molecule has 2 aliphatic heterocycles. The highest BCUT2D eigenvalue weighted by atomic mass is 32.2. The molecule has 1 amide bonds. The van der Waals surface area contributed by atoms with E-state index in [0.717, 1.165) is 5.56 Å². The van der Waals surface area contributed by atoms with Gasteiger partial charge in [0.1, 0.15) is 0 Å². The lowest BCUT2D eigenvalue weighted by Crippen LogP contribution is -2.39. The molecule has 0 saturated carbocycles. The summed E-state index contributed by atoms with van der Waals surface area (Å²) >= 11 is 1.41. The number of allylic oxidation sites excluding steroid dienone is 1. The third-order valence-corrected chi connectivity index (χ3v) is 5.34. The summed E-state index contributed by atoms with van der Waals surface area (Å²) in [5.41, 5.74) is 3.17. The molecule has 0 bridgehead atoms. The van der Waals surface area contributed by atoms with Crippen LogP contribution in [0.25, 0.3) is 0 Å². The van der Waals surface area contributed by atoms with Gasteiger partial charge in [-0.15, -0.1) is 0 Å². The summed E-state index contributed by atoms with van der Waals surface area (Å²) in [5.74, 6) is 0.327. The monoisotopic (exact) mass is 358 g/mol. The molecule has 0 N–H and O–H groups in total. The van der Waals surface area contributed by atoms with Crippen LogP contribution in [0.2, 0.25) is 0 Å². The number of nitrogens with zero attached hydrogens (tertiary/aromatic N) is 2. The third kappa shape index (κ3) is 3.23. The fourth-order valence-corrected chi connectivity index (χ4v) is 4.03. The van der Waals surface area contributed by atoms with Gasteiger partial charge >= 0.3 is 5.97 Å². The van der Waals surface area contributed by atoms with E-state index < -0.39 is 12.0 Å². The SMILES string of the molecule is CCOC(=O)C1=C(C)N=C2SCC(=O)N2[C@@H]1c1ccc(C(C)C)cc1. The number of amides is 1. The molecule has 1 aromatic carbocycles. The first kappa shape index (κ1) is 17.7. The van der Waals surface area contributed by atoms with Crippen LogP contribution < -0.4 is 0 Å². The molecule has 3 rings (SSSR count). The van der Waals surface area contributed by atoms with Gasteiger partial charge in [-0.3, -0.25) is 9.69 Å². The average molecular weight is 358 g/mol. The van der Waals surface area contributed by atoms with Crippen molar-refractivity contribution in [3.05, 3.63) is 46.7 Å². The number of rotatable bonds is 4. The second-order valence-corrected chi connectivity index (χ2v) is 7.33. The molecule has 25 heavy (non-hydrogen) atoms. The van der Waals surface area contributed by atoms with Crippen LogP contribution >= 0.6 is 11.8 Å². The highest BCUT2D eigenvalue weighted by Crippen LogP contribution is 2.41. The Morgan fingerprint density at radius 3 is 2.64 bits per heavy atom. The number of benzene rings is 1. The minimum absolute atomic E-state index is 0.0315. The molecule has 1 aromatic rings. The quantitative estimate of drug-likeness (QED) is 0.771. The zero-order chi connectivity index (χ0) is 18.1. The molecule has 2 heterocycles. The first-order chi connectivity index (χ1) is 11.9. The number of hydrogen-bond acceptors (Lipinski definition) is 5. The van der Waals surface area contributed by atoms with Crippen molar-refractivity contribution in [1.82, 2.24) is 4.90 Å². The van der Waals surface area contributed by atoms with Crippen molar-refractivity contribution in [1.29, 1.82) is 0 Å².